The lowest BCUT2D eigenvalue weighted by Gasteiger charge is -2.15. The highest BCUT2D eigenvalue weighted by Gasteiger charge is 2.14. The Morgan fingerprint density at radius 3 is 2.68 bits per heavy atom. The molecule has 25 heavy (non-hydrogen) atoms. The van der Waals surface area contributed by atoms with Crippen LogP contribution in [0.25, 0.3) is 0 Å². The molecule has 0 spiro atoms. The fourth-order valence-electron chi connectivity index (χ4n) is 2.46. The van der Waals surface area contributed by atoms with Crippen LogP contribution in [0.2, 0.25) is 0 Å². The van der Waals surface area contributed by atoms with E-state index in [2.05, 4.69) is 19.2 Å². The summed E-state index contributed by atoms with van der Waals surface area (Å²) in [7, 11) is 0. The monoisotopic (exact) mass is 342 g/mol. The largest absolute Gasteiger partial charge is 0.483 e. The van der Waals surface area contributed by atoms with Crippen LogP contribution < -0.4 is 10.1 Å². The molecular weight excluding hydrogens is 320 g/mol. The fraction of sp³-hybridized carbons (Fsp3) is 0.316. The number of anilines is 1. The molecule has 2 aromatic carbocycles. The summed E-state index contributed by atoms with van der Waals surface area (Å²) in [4.78, 5) is 22.6. The van der Waals surface area contributed by atoms with Crippen molar-refractivity contribution in [2.24, 2.45) is 0 Å². The molecule has 0 bridgehead atoms. The Hall–Kier alpha value is -2.89. The molecular formula is C19H22N2O4. The lowest BCUT2D eigenvalue weighted by atomic mass is 9.98. The summed E-state index contributed by atoms with van der Waals surface area (Å²) < 4.78 is 5.65. The number of hydrogen-bond donors (Lipinski definition) is 1. The molecule has 1 amide bonds. The van der Waals surface area contributed by atoms with Gasteiger partial charge in [-0.25, -0.2) is 0 Å². The van der Waals surface area contributed by atoms with Crippen molar-refractivity contribution in [3.05, 3.63) is 63.7 Å². The van der Waals surface area contributed by atoms with Gasteiger partial charge in [0.05, 0.1) is 4.92 Å². The van der Waals surface area contributed by atoms with Crippen LogP contribution in [0.1, 0.15) is 37.3 Å². The second kappa shape index (κ2) is 8.28. The van der Waals surface area contributed by atoms with Gasteiger partial charge in [-0.05, 0) is 37.0 Å². The molecule has 2 rings (SSSR count). The van der Waals surface area contributed by atoms with Crippen molar-refractivity contribution in [3.8, 4) is 5.75 Å². The topological polar surface area (TPSA) is 81.5 Å². The van der Waals surface area contributed by atoms with Crippen molar-refractivity contribution >= 4 is 17.3 Å². The Morgan fingerprint density at radius 2 is 2.00 bits per heavy atom. The van der Waals surface area contributed by atoms with Crippen LogP contribution >= 0.6 is 0 Å². The zero-order valence-corrected chi connectivity index (χ0v) is 14.6. The van der Waals surface area contributed by atoms with Gasteiger partial charge in [-0.2, -0.15) is 0 Å². The number of nitro groups is 1. The van der Waals surface area contributed by atoms with E-state index >= 15 is 0 Å². The SMILES string of the molecule is CCC(C)c1ccccc1OCC(=O)Nc1ccc(C)c([N+](=O)[O-])c1. The van der Waals surface area contributed by atoms with E-state index in [0.717, 1.165) is 12.0 Å². The number of rotatable bonds is 7. The number of hydrogen-bond acceptors (Lipinski definition) is 4. The number of nitrogens with zero attached hydrogens (tertiary/aromatic N) is 1. The van der Waals surface area contributed by atoms with Gasteiger partial charge in [-0.15, -0.1) is 0 Å². The van der Waals surface area contributed by atoms with E-state index < -0.39 is 4.92 Å². The average molecular weight is 342 g/mol. The first-order valence-electron chi connectivity index (χ1n) is 8.19. The molecule has 0 aliphatic heterocycles. The summed E-state index contributed by atoms with van der Waals surface area (Å²) in [5.41, 5.74) is 1.95. The Labute approximate surface area is 147 Å². The summed E-state index contributed by atoms with van der Waals surface area (Å²) in [6.07, 6.45) is 0.972. The van der Waals surface area contributed by atoms with E-state index in [4.69, 9.17) is 4.74 Å². The highest BCUT2D eigenvalue weighted by molar-refractivity contribution is 5.92. The number of aryl methyl sites for hydroxylation is 1. The predicted octanol–water partition coefficient (Wildman–Crippen LogP) is 4.43. The normalized spacial score (nSPS) is 11.6. The highest BCUT2D eigenvalue weighted by Crippen LogP contribution is 2.28. The zero-order chi connectivity index (χ0) is 18.4. The highest BCUT2D eigenvalue weighted by atomic mass is 16.6. The molecule has 0 fully saturated rings. The van der Waals surface area contributed by atoms with Gasteiger partial charge in [0.2, 0.25) is 0 Å². The molecule has 6 heteroatoms. The molecule has 0 aliphatic carbocycles. The van der Waals surface area contributed by atoms with E-state index in [-0.39, 0.29) is 18.2 Å². The van der Waals surface area contributed by atoms with Crippen LogP contribution in [-0.4, -0.2) is 17.4 Å². The Morgan fingerprint density at radius 1 is 1.28 bits per heavy atom. The van der Waals surface area contributed by atoms with Crippen LogP contribution in [0.4, 0.5) is 11.4 Å². The van der Waals surface area contributed by atoms with Crippen LogP contribution in [-0.2, 0) is 4.79 Å². The smallest absolute Gasteiger partial charge is 0.274 e. The van der Waals surface area contributed by atoms with Gasteiger partial charge in [-0.1, -0.05) is 38.1 Å². The van der Waals surface area contributed by atoms with E-state index in [1.807, 2.05) is 24.3 Å². The minimum atomic E-state index is -0.468. The Balaban J connectivity index is 2.03. The number of benzene rings is 2. The van der Waals surface area contributed by atoms with E-state index in [1.54, 1.807) is 19.1 Å². The summed E-state index contributed by atoms with van der Waals surface area (Å²) >= 11 is 0. The van der Waals surface area contributed by atoms with Gasteiger partial charge in [0.1, 0.15) is 5.75 Å². The van der Waals surface area contributed by atoms with E-state index in [1.165, 1.54) is 6.07 Å². The first kappa shape index (κ1) is 18.4. The van der Waals surface area contributed by atoms with Gasteiger partial charge in [0, 0.05) is 17.3 Å². The summed E-state index contributed by atoms with van der Waals surface area (Å²) in [5.74, 6) is 0.651. The fourth-order valence-corrected chi connectivity index (χ4v) is 2.46. The predicted molar refractivity (Wildman–Crippen MR) is 97.1 cm³/mol. The zero-order valence-electron chi connectivity index (χ0n) is 14.6. The molecule has 0 saturated carbocycles. The minimum Gasteiger partial charge on any atom is -0.483 e. The lowest BCUT2D eigenvalue weighted by Crippen LogP contribution is -2.20. The molecule has 0 heterocycles. The lowest BCUT2D eigenvalue weighted by molar-refractivity contribution is -0.385. The van der Waals surface area contributed by atoms with Gasteiger partial charge in [0.25, 0.3) is 11.6 Å². The molecule has 6 nitrogen and oxygen atoms in total. The van der Waals surface area contributed by atoms with E-state index in [9.17, 15) is 14.9 Å². The maximum Gasteiger partial charge on any atom is 0.274 e. The molecule has 1 atom stereocenters. The molecule has 1 unspecified atom stereocenters. The van der Waals surface area contributed by atoms with Crippen molar-refractivity contribution in [2.75, 3.05) is 11.9 Å². The second-order valence-corrected chi connectivity index (χ2v) is 5.94. The molecule has 0 aliphatic rings. The number of ether oxygens (including phenoxy) is 1. The summed E-state index contributed by atoms with van der Waals surface area (Å²) in [6, 6.07) is 12.2. The van der Waals surface area contributed by atoms with Crippen LogP contribution in [0.3, 0.4) is 0 Å². The van der Waals surface area contributed by atoms with Crippen molar-refractivity contribution in [2.45, 2.75) is 33.1 Å². The molecule has 0 aromatic heterocycles. The summed E-state index contributed by atoms with van der Waals surface area (Å²) in [6.45, 7) is 5.69. The molecule has 132 valence electrons. The first-order valence-corrected chi connectivity index (χ1v) is 8.19. The van der Waals surface area contributed by atoms with Crippen molar-refractivity contribution < 1.29 is 14.5 Å². The number of amides is 1. The van der Waals surface area contributed by atoms with Gasteiger partial charge in [-0.3, -0.25) is 14.9 Å². The Bertz CT molecular complexity index is 774. The van der Waals surface area contributed by atoms with E-state index in [0.29, 0.717) is 22.9 Å². The van der Waals surface area contributed by atoms with Crippen molar-refractivity contribution in [1.29, 1.82) is 0 Å². The summed E-state index contributed by atoms with van der Waals surface area (Å²) in [5, 5.41) is 13.6. The number of nitrogens with one attached hydrogen (secondary N) is 1. The average Bonchev–Trinajstić information content (AvgIpc) is 2.61. The van der Waals surface area contributed by atoms with Crippen LogP contribution in [0.15, 0.2) is 42.5 Å². The maximum atomic E-state index is 12.1. The van der Waals surface area contributed by atoms with Crippen LogP contribution in [0, 0.1) is 17.0 Å². The third-order valence-corrected chi connectivity index (χ3v) is 4.11. The first-order chi connectivity index (χ1) is 11.9. The van der Waals surface area contributed by atoms with Crippen molar-refractivity contribution in [1.82, 2.24) is 0 Å². The molecule has 2 aromatic rings. The number of carbonyl (C=O) groups excluding carboxylic acids is 1. The van der Waals surface area contributed by atoms with Crippen LogP contribution in [0.5, 0.6) is 5.75 Å². The molecule has 0 saturated heterocycles. The third-order valence-electron chi connectivity index (χ3n) is 4.11. The Kier molecular flexibility index (Phi) is 6.11. The van der Waals surface area contributed by atoms with Gasteiger partial charge < -0.3 is 10.1 Å². The second-order valence-electron chi connectivity index (χ2n) is 5.94. The van der Waals surface area contributed by atoms with Gasteiger partial charge in [0.15, 0.2) is 6.61 Å². The number of carbonyl (C=O) groups is 1. The third kappa shape index (κ3) is 4.79. The maximum absolute atomic E-state index is 12.1. The standard InChI is InChI=1S/C19H22N2O4/c1-4-13(2)16-7-5-6-8-18(16)25-12-19(22)20-15-10-9-14(3)17(11-15)21(23)24/h5-11,13H,4,12H2,1-3H3,(H,20,22). The quantitative estimate of drug-likeness (QED) is 0.596. The molecule has 0 radical (unpaired) electrons. The number of nitro benzene ring substituents is 1. The van der Waals surface area contributed by atoms with Gasteiger partial charge >= 0.3 is 0 Å². The number of para-hydroxylation sites is 1. The molecule has 1 N–H and O–H groups in total. The van der Waals surface area contributed by atoms with Crippen molar-refractivity contribution in [3.63, 3.8) is 0 Å². The minimum absolute atomic E-state index is 0.0270.